The van der Waals surface area contributed by atoms with Crippen LogP contribution >= 0.6 is 43.2 Å². The normalized spacial score (nSPS) is 14.5. The van der Waals surface area contributed by atoms with Gasteiger partial charge in [-0.15, -0.1) is 11.3 Å². The van der Waals surface area contributed by atoms with E-state index < -0.39 is 0 Å². The average Bonchev–Trinajstić information content (AvgIpc) is 2.78. The Balaban J connectivity index is 2.15. The van der Waals surface area contributed by atoms with E-state index in [4.69, 9.17) is 5.73 Å². The second-order valence-electron chi connectivity index (χ2n) is 5.01. The maximum absolute atomic E-state index is 6.20. The van der Waals surface area contributed by atoms with Gasteiger partial charge in [-0.1, -0.05) is 28.1 Å². The molecule has 108 valence electrons. The van der Waals surface area contributed by atoms with Gasteiger partial charge in [0.25, 0.3) is 0 Å². The van der Waals surface area contributed by atoms with Crippen molar-refractivity contribution in [3.8, 4) is 0 Å². The Bertz CT molecular complexity index is 551. The predicted molar refractivity (Wildman–Crippen MR) is 94.0 cm³/mol. The zero-order chi connectivity index (χ0) is 14.7. The highest BCUT2D eigenvalue weighted by atomic mass is 79.9. The molecule has 1 heterocycles. The van der Waals surface area contributed by atoms with Gasteiger partial charge in [0.05, 0.1) is 6.04 Å². The fourth-order valence-corrected chi connectivity index (χ4v) is 4.33. The first kappa shape index (κ1) is 16.2. The first-order valence-corrected chi connectivity index (χ1v) is 8.88. The third kappa shape index (κ3) is 4.15. The number of nitrogens with zero attached hydrogens (tertiary/aromatic N) is 1. The van der Waals surface area contributed by atoms with Crippen LogP contribution < -0.4 is 5.73 Å². The molecule has 0 aliphatic heterocycles. The molecule has 0 aliphatic rings. The van der Waals surface area contributed by atoms with Crippen LogP contribution in [0.4, 0.5) is 0 Å². The number of hydrogen-bond donors (Lipinski definition) is 1. The van der Waals surface area contributed by atoms with E-state index >= 15 is 0 Å². The molecule has 2 atom stereocenters. The molecule has 1 aromatic carbocycles. The molecule has 2 N–H and O–H groups in total. The highest BCUT2D eigenvalue weighted by Crippen LogP contribution is 2.31. The van der Waals surface area contributed by atoms with E-state index in [1.54, 1.807) is 11.3 Å². The van der Waals surface area contributed by atoms with Gasteiger partial charge in [0.1, 0.15) is 0 Å². The second kappa shape index (κ2) is 7.18. The second-order valence-corrected chi connectivity index (χ2v) is 7.79. The van der Waals surface area contributed by atoms with E-state index in [0.29, 0.717) is 0 Å². The number of halogens is 2. The summed E-state index contributed by atoms with van der Waals surface area (Å²) in [6.45, 7) is 2.95. The molecular formula is C15H18Br2N2S. The van der Waals surface area contributed by atoms with Crippen molar-refractivity contribution in [3.05, 3.63) is 55.1 Å². The van der Waals surface area contributed by atoms with E-state index in [1.807, 2.05) is 0 Å². The smallest absolute Gasteiger partial charge is 0.0591 e. The predicted octanol–water partition coefficient (Wildman–Crippen LogP) is 4.79. The third-order valence-electron chi connectivity index (χ3n) is 3.20. The summed E-state index contributed by atoms with van der Waals surface area (Å²) in [5.74, 6) is 0. The largest absolute Gasteiger partial charge is 0.326 e. The molecule has 0 amide bonds. The Hall–Kier alpha value is -0.200. The lowest BCUT2D eigenvalue weighted by Crippen LogP contribution is -2.36. The Labute approximate surface area is 141 Å². The van der Waals surface area contributed by atoms with E-state index in [9.17, 15) is 0 Å². The first-order chi connectivity index (χ1) is 9.47. The van der Waals surface area contributed by atoms with Crippen LogP contribution in [0.1, 0.15) is 23.4 Å². The van der Waals surface area contributed by atoms with Gasteiger partial charge in [0.2, 0.25) is 0 Å². The van der Waals surface area contributed by atoms with Crippen LogP contribution in [0.2, 0.25) is 0 Å². The summed E-state index contributed by atoms with van der Waals surface area (Å²) in [5.41, 5.74) is 7.49. The molecule has 0 fully saturated rings. The van der Waals surface area contributed by atoms with Crippen LogP contribution in [0.15, 0.2) is 44.7 Å². The van der Waals surface area contributed by atoms with Gasteiger partial charge < -0.3 is 5.73 Å². The minimum Gasteiger partial charge on any atom is -0.326 e. The molecule has 0 bridgehead atoms. The number of likely N-dealkylation sites (N-methyl/N-ethyl adjacent to an activating group) is 1. The van der Waals surface area contributed by atoms with Crippen molar-refractivity contribution in [2.75, 3.05) is 7.05 Å². The van der Waals surface area contributed by atoms with Crippen molar-refractivity contribution in [2.45, 2.75) is 25.6 Å². The van der Waals surface area contributed by atoms with E-state index in [0.717, 1.165) is 15.5 Å². The zero-order valence-electron chi connectivity index (χ0n) is 11.5. The first-order valence-electron chi connectivity index (χ1n) is 6.41. The number of nitrogens with two attached hydrogens (primary N) is 1. The summed E-state index contributed by atoms with van der Waals surface area (Å²) in [7, 11) is 2.13. The highest BCUT2D eigenvalue weighted by molar-refractivity contribution is 9.10. The Morgan fingerprint density at radius 3 is 2.35 bits per heavy atom. The summed E-state index contributed by atoms with van der Waals surface area (Å²) in [6.07, 6.45) is 0. The molecule has 2 aromatic rings. The van der Waals surface area contributed by atoms with Crippen molar-refractivity contribution in [1.29, 1.82) is 0 Å². The molecular weight excluding hydrogens is 400 g/mol. The number of hydrogen-bond acceptors (Lipinski definition) is 3. The van der Waals surface area contributed by atoms with Gasteiger partial charge in [-0.2, -0.15) is 0 Å². The van der Waals surface area contributed by atoms with Crippen LogP contribution in [0.5, 0.6) is 0 Å². The van der Waals surface area contributed by atoms with Crippen molar-refractivity contribution in [2.24, 2.45) is 5.73 Å². The van der Waals surface area contributed by atoms with Crippen molar-refractivity contribution in [1.82, 2.24) is 4.90 Å². The maximum Gasteiger partial charge on any atom is 0.0591 e. The van der Waals surface area contributed by atoms with Gasteiger partial charge in [-0.25, -0.2) is 0 Å². The average molecular weight is 418 g/mol. The molecule has 5 heteroatoms. The topological polar surface area (TPSA) is 29.3 Å². The van der Waals surface area contributed by atoms with Crippen molar-refractivity contribution in [3.63, 3.8) is 0 Å². The summed E-state index contributed by atoms with van der Waals surface area (Å²) >= 11 is 8.74. The fraction of sp³-hybridized carbons (Fsp3) is 0.333. The van der Waals surface area contributed by atoms with E-state index in [1.165, 1.54) is 10.4 Å². The van der Waals surface area contributed by atoms with Gasteiger partial charge in [0, 0.05) is 31.8 Å². The number of thiophene rings is 1. The summed E-state index contributed by atoms with van der Waals surface area (Å²) in [6, 6.07) is 10.9. The fourth-order valence-electron chi connectivity index (χ4n) is 2.34. The van der Waals surface area contributed by atoms with Gasteiger partial charge in [-0.05, 0) is 53.7 Å². The van der Waals surface area contributed by atoms with Crippen LogP contribution in [0, 0.1) is 0 Å². The van der Waals surface area contributed by atoms with E-state index in [2.05, 4.69) is 86.4 Å². The van der Waals surface area contributed by atoms with Crippen molar-refractivity contribution < 1.29 is 0 Å². The van der Waals surface area contributed by atoms with E-state index in [-0.39, 0.29) is 12.1 Å². The van der Waals surface area contributed by atoms with Crippen LogP contribution in [0.3, 0.4) is 0 Å². The zero-order valence-corrected chi connectivity index (χ0v) is 15.5. The highest BCUT2D eigenvalue weighted by Gasteiger charge is 2.22. The summed E-state index contributed by atoms with van der Waals surface area (Å²) < 4.78 is 2.23. The molecule has 0 saturated carbocycles. The minimum absolute atomic E-state index is 0.0843. The Kier molecular flexibility index (Phi) is 5.81. The maximum atomic E-state index is 6.20. The van der Waals surface area contributed by atoms with Crippen molar-refractivity contribution >= 4 is 43.2 Å². The molecule has 1 aromatic heterocycles. The Morgan fingerprint density at radius 1 is 1.20 bits per heavy atom. The molecule has 2 nitrogen and oxygen atoms in total. The minimum atomic E-state index is 0.0843. The third-order valence-corrected chi connectivity index (χ3v) is 5.49. The lowest BCUT2D eigenvalue weighted by Gasteiger charge is -2.30. The molecule has 2 unspecified atom stereocenters. The number of rotatable bonds is 5. The SMILES string of the molecule is CC(N)C(c1cc(Br)cs1)N(C)Cc1ccc(Br)cc1. The lowest BCUT2D eigenvalue weighted by atomic mass is 10.1. The summed E-state index contributed by atoms with van der Waals surface area (Å²) in [4.78, 5) is 3.61. The molecule has 0 saturated heterocycles. The summed E-state index contributed by atoms with van der Waals surface area (Å²) in [5, 5.41) is 2.11. The number of benzene rings is 1. The monoisotopic (exact) mass is 416 g/mol. The molecule has 0 radical (unpaired) electrons. The van der Waals surface area contributed by atoms with Gasteiger partial charge in [-0.3, -0.25) is 4.90 Å². The molecule has 0 spiro atoms. The standard InChI is InChI=1S/C15H18Br2N2S/c1-10(18)15(14-7-13(17)9-20-14)19(2)8-11-3-5-12(16)6-4-11/h3-7,9-10,15H,8,18H2,1-2H3. The van der Waals surface area contributed by atoms with Crippen LogP contribution in [0.25, 0.3) is 0 Å². The Morgan fingerprint density at radius 2 is 1.85 bits per heavy atom. The van der Waals surface area contributed by atoms with Gasteiger partial charge >= 0.3 is 0 Å². The van der Waals surface area contributed by atoms with Crippen LogP contribution in [-0.4, -0.2) is 18.0 Å². The quantitative estimate of drug-likeness (QED) is 0.757. The molecule has 20 heavy (non-hydrogen) atoms. The molecule has 0 aliphatic carbocycles. The molecule has 2 rings (SSSR count). The lowest BCUT2D eigenvalue weighted by molar-refractivity contribution is 0.214. The van der Waals surface area contributed by atoms with Crippen LogP contribution in [-0.2, 0) is 6.54 Å². The van der Waals surface area contributed by atoms with Gasteiger partial charge in [0.15, 0.2) is 0 Å².